The predicted molar refractivity (Wildman–Crippen MR) is 65.4 cm³/mol. The molecular formula is C11H17FN2O2S. The summed E-state index contributed by atoms with van der Waals surface area (Å²) in [4.78, 5) is 0. The Hall–Kier alpha value is -0.980. The number of rotatable bonds is 5. The molecule has 0 aliphatic rings. The van der Waals surface area contributed by atoms with Crippen molar-refractivity contribution >= 4 is 10.0 Å². The molecule has 1 aromatic rings. The number of benzene rings is 1. The van der Waals surface area contributed by atoms with E-state index in [0.717, 1.165) is 0 Å². The smallest absolute Gasteiger partial charge is 0.216 e. The lowest BCUT2D eigenvalue weighted by Gasteiger charge is -2.17. The van der Waals surface area contributed by atoms with Crippen molar-refractivity contribution in [1.82, 2.24) is 4.72 Å². The molecule has 0 bridgehead atoms. The van der Waals surface area contributed by atoms with Gasteiger partial charge in [-0.1, -0.05) is 12.1 Å². The monoisotopic (exact) mass is 260 g/mol. The number of halogens is 1. The molecule has 0 fully saturated rings. The van der Waals surface area contributed by atoms with E-state index in [1.54, 1.807) is 19.1 Å². The first kappa shape index (κ1) is 14.1. The highest BCUT2D eigenvalue weighted by molar-refractivity contribution is 7.90. The number of sulfonamides is 1. The van der Waals surface area contributed by atoms with Gasteiger partial charge in [0.1, 0.15) is 5.82 Å². The Morgan fingerprint density at radius 1 is 1.41 bits per heavy atom. The fourth-order valence-electron chi connectivity index (χ4n) is 1.33. The van der Waals surface area contributed by atoms with Crippen molar-refractivity contribution in [3.8, 4) is 0 Å². The second kappa shape index (κ2) is 5.57. The van der Waals surface area contributed by atoms with E-state index >= 15 is 0 Å². The van der Waals surface area contributed by atoms with Crippen LogP contribution >= 0.6 is 0 Å². The second-order valence-corrected chi connectivity index (χ2v) is 6.12. The lowest BCUT2D eigenvalue weighted by atomic mass is 10.1. The van der Waals surface area contributed by atoms with Gasteiger partial charge in [0.15, 0.2) is 0 Å². The summed E-state index contributed by atoms with van der Waals surface area (Å²) in [6.45, 7) is 3.24. The van der Waals surface area contributed by atoms with Gasteiger partial charge in [-0.3, -0.25) is 0 Å². The van der Waals surface area contributed by atoms with Crippen LogP contribution in [-0.4, -0.2) is 20.2 Å². The van der Waals surface area contributed by atoms with Crippen molar-refractivity contribution in [1.29, 1.82) is 0 Å². The van der Waals surface area contributed by atoms with E-state index in [1.807, 2.05) is 0 Å². The number of nitrogens with two attached hydrogens (primary N) is 1. The number of hydrogen-bond acceptors (Lipinski definition) is 3. The van der Waals surface area contributed by atoms with Gasteiger partial charge in [0.2, 0.25) is 10.0 Å². The fraction of sp³-hybridized carbons (Fsp3) is 0.455. The van der Waals surface area contributed by atoms with Gasteiger partial charge < -0.3 is 5.73 Å². The molecule has 3 N–H and O–H groups in total. The van der Waals surface area contributed by atoms with Gasteiger partial charge in [-0.2, -0.15) is 0 Å². The summed E-state index contributed by atoms with van der Waals surface area (Å²) < 4.78 is 39.0. The van der Waals surface area contributed by atoms with Crippen molar-refractivity contribution in [2.75, 3.05) is 6.54 Å². The minimum Gasteiger partial charge on any atom is -0.329 e. The molecule has 0 saturated heterocycles. The molecule has 0 amide bonds. The molecule has 0 radical (unpaired) electrons. The van der Waals surface area contributed by atoms with Crippen LogP contribution in [0.1, 0.15) is 25.5 Å². The highest BCUT2D eigenvalue weighted by atomic mass is 32.2. The van der Waals surface area contributed by atoms with Gasteiger partial charge in [0, 0.05) is 12.6 Å². The first-order chi connectivity index (χ1) is 7.86. The maximum Gasteiger partial charge on any atom is 0.216 e. The fourth-order valence-corrected chi connectivity index (χ4v) is 2.45. The first-order valence-electron chi connectivity index (χ1n) is 5.33. The maximum atomic E-state index is 13.0. The van der Waals surface area contributed by atoms with E-state index in [9.17, 15) is 12.8 Å². The average molecular weight is 260 g/mol. The van der Waals surface area contributed by atoms with Gasteiger partial charge in [-0.05, 0) is 31.5 Å². The summed E-state index contributed by atoms with van der Waals surface area (Å²) in [6.07, 6.45) is 0. The van der Waals surface area contributed by atoms with Crippen LogP contribution in [0.4, 0.5) is 4.39 Å². The van der Waals surface area contributed by atoms with Crippen LogP contribution in [-0.2, 0) is 10.0 Å². The second-order valence-electron chi connectivity index (χ2n) is 3.99. The predicted octanol–water partition coefficient (Wildman–Crippen LogP) is 1.15. The quantitative estimate of drug-likeness (QED) is 0.834. The molecule has 0 spiro atoms. The molecule has 1 rings (SSSR count). The highest BCUT2D eigenvalue weighted by Crippen LogP contribution is 2.15. The summed E-state index contributed by atoms with van der Waals surface area (Å²) in [5.74, 6) is -0.388. The van der Waals surface area contributed by atoms with Crippen LogP contribution in [0.25, 0.3) is 0 Å². The van der Waals surface area contributed by atoms with Gasteiger partial charge in [-0.15, -0.1) is 0 Å². The van der Waals surface area contributed by atoms with Gasteiger partial charge in [-0.25, -0.2) is 17.5 Å². The molecule has 6 heteroatoms. The minimum atomic E-state index is -3.47. The number of hydrogen-bond donors (Lipinski definition) is 2. The molecular weight excluding hydrogens is 243 g/mol. The summed E-state index contributed by atoms with van der Waals surface area (Å²) >= 11 is 0. The summed E-state index contributed by atoms with van der Waals surface area (Å²) in [7, 11) is -3.47. The molecule has 4 nitrogen and oxygen atoms in total. The first-order valence-corrected chi connectivity index (χ1v) is 6.88. The molecule has 0 aliphatic carbocycles. The van der Waals surface area contributed by atoms with Gasteiger partial charge in [0.25, 0.3) is 0 Å². The molecule has 0 saturated carbocycles. The van der Waals surface area contributed by atoms with Crippen molar-refractivity contribution in [2.45, 2.75) is 25.1 Å². The molecule has 17 heavy (non-hydrogen) atoms. The third kappa shape index (κ3) is 3.76. The Morgan fingerprint density at radius 3 is 2.59 bits per heavy atom. The Morgan fingerprint density at radius 2 is 2.06 bits per heavy atom. The van der Waals surface area contributed by atoms with E-state index in [4.69, 9.17) is 5.73 Å². The van der Waals surface area contributed by atoms with E-state index < -0.39 is 21.3 Å². The van der Waals surface area contributed by atoms with Gasteiger partial charge in [0.05, 0.1) is 5.25 Å². The Balaban J connectivity index is 2.83. The number of nitrogens with one attached hydrogen (secondary N) is 1. The van der Waals surface area contributed by atoms with E-state index in [2.05, 4.69) is 4.72 Å². The molecule has 2 unspecified atom stereocenters. The molecule has 2 atom stereocenters. The van der Waals surface area contributed by atoms with E-state index in [-0.39, 0.29) is 12.4 Å². The molecule has 1 aromatic carbocycles. The zero-order valence-electron chi connectivity index (χ0n) is 9.85. The lowest BCUT2D eigenvalue weighted by molar-refractivity contribution is 0.553. The van der Waals surface area contributed by atoms with Crippen LogP contribution < -0.4 is 10.5 Å². The largest absolute Gasteiger partial charge is 0.329 e. The Labute approximate surface area is 101 Å². The Bertz CT molecular complexity index is 476. The van der Waals surface area contributed by atoms with Gasteiger partial charge >= 0.3 is 0 Å². The van der Waals surface area contributed by atoms with Crippen LogP contribution in [0, 0.1) is 5.82 Å². The average Bonchev–Trinajstić information content (AvgIpc) is 2.27. The molecule has 0 aliphatic heterocycles. The van der Waals surface area contributed by atoms with Crippen molar-refractivity contribution in [3.63, 3.8) is 0 Å². The van der Waals surface area contributed by atoms with Crippen molar-refractivity contribution in [2.24, 2.45) is 5.73 Å². The van der Waals surface area contributed by atoms with E-state index in [1.165, 1.54) is 19.1 Å². The van der Waals surface area contributed by atoms with Crippen LogP contribution in [0.15, 0.2) is 24.3 Å². The zero-order chi connectivity index (χ0) is 13.1. The summed E-state index contributed by atoms with van der Waals surface area (Å²) in [5, 5.41) is -0.668. The van der Waals surface area contributed by atoms with E-state index in [0.29, 0.717) is 5.56 Å². The van der Waals surface area contributed by atoms with Crippen molar-refractivity contribution < 1.29 is 12.8 Å². The maximum absolute atomic E-state index is 13.0. The SMILES string of the molecule is CC(NS(=O)(=O)C(C)CN)c1cccc(F)c1. The zero-order valence-corrected chi connectivity index (χ0v) is 10.7. The van der Waals surface area contributed by atoms with Crippen molar-refractivity contribution in [3.05, 3.63) is 35.6 Å². The Kier molecular flexibility index (Phi) is 4.62. The highest BCUT2D eigenvalue weighted by Gasteiger charge is 2.22. The normalized spacial score (nSPS) is 15.5. The molecule has 0 heterocycles. The summed E-state index contributed by atoms with van der Waals surface area (Å²) in [5.41, 5.74) is 5.90. The molecule has 96 valence electrons. The van der Waals surface area contributed by atoms with Crippen LogP contribution in [0.5, 0.6) is 0 Å². The topological polar surface area (TPSA) is 72.2 Å². The summed E-state index contributed by atoms with van der Waals surface area (Å²) in [6, 6.07) is 5.35. The van der Waals surface area contributed by atoms with Crippen LogP contribution in [0.3, 0.4) is 0 Å². The lowest BCUT2D eigenvalue weighted by Crippen LogP contribution is -2.38. The third-order valence-corrected chi connectivity index (χ3v) is 4.49. The molecule has 0 aromatic heterocycles. The minimum absolute atomic E-state index is 0.0468. The van der Waals surface area contributed by atoms with Crippen LogP contribution in [0.2, 0.25) is 0 Å². The third-order valence-electron chi connectivity index (χ3n) is 2.55. The standard InChI is InChI=1S/C11H17FN2O2S/c1-8(7-13)17(15,16)14-9(2)10-4-3-5-11(12)6-10/h3-6,8-9,14H,7,13H2,1-2H3.